The van der Waals surface area contributed by atoms with Crippen molar-refractivity contribution in [1.82, 2.24) is 0 Å². The number of aliphatic hydroxyl groups is 1. The first-order valence-electron chi connectivity index (χ1n) is 11.2. The lowest BCUT2D eigenvalue weighted by molar-refractivity contribution is -0.201. The highest BCUT2D eigenvalue weighted by Gasteiger charge is 2.52. The first kappa shape index (κ1) is 26.2. The zero-order valence-electron chi connectivity index (χ0n) is 19.1. The molecule has 0 aliphatic rings. The Kier molecular flexibility index (Phi) is 9.67. The van der Waals surface area contributed by atoms with Gasteiger partial charge in [0.1, 0.15) is 6.10 Å². The smallest absolute Gasteiger partial charge is 0.391 e. The largest absolute Gasteiger partial charge is 0.481 e. The molecule has 0 spiro atoms. The van der Waals surface area contributed by atoms with Gasteiger partial charge in [-0.2, -0.15) is 0 Å². The van der Waals surface area contributed by atoms with Gasteiger partial charge in [-0.15, -0.1) is 0 Å². The number of esters is 1. The Bertz CT molecular complexity index is 1090. The maximum Gasteiger partial charge on any atom is 0.391 e. The number of rotatable bonds is 13. The molecule has 3 aromatic rings. The monoisotopic (exact) mass is 495 g/mol. The number of ether oxygens (including phenoxy) is 2. The number of carboxylic acids is 1. The maximum absolute atomic E-state index is 13.4. The minimum Gasteiger partial charge on any atom is -0.481 e. The van der Waals surface area contributed by atoms with E-state index < -0.39 is 44.4 Å². The third kappa shape index (κ3) is 7.82. The van der Waals surface area contributed by atoms with Crippen LogP contribution in [0.25, 0.3) is 0 Å². The summed E-state index contributed by atoms with van der Waals surface area (Å²) in [6.07, 6.45) is -1.07. The van der Waals surface area contributed by atoms with Crippen molar-refractivity contribution >= 4 is 20.4 Å². The molecule has 0 aliphatic carbocycles. The topological polar surface area (TPSA) is 110 Å². The molecule has 0 fully saturated rings. The van der Waals surface area contributed by atoms with Gasteiger partial charge in [-0.25, -0.2) is 0 Å². The summed E-state index contributed by atoms with van der Waals surface area (Å²) in [5, 5.41) is 20.3. The number of carbonyl (C=O) groups excluding carboxylic acids is 1. The predicted molar refractivity (Wildman–Crippen MR) is 131 cm³/mol. The molecule has 0 heterocycles. The van der Waals surface area contributed by atoms with Crippen molar-refractivity contribution in [3.63, 3.8) is 0 Å². The van der Waals surface area contributed by atoms with Crippen LogP contribution in [0.4, 0.5) is 0 Å². The Morgan fingerprint density at radius 2 is 1.40 bits per heavy atom. The van der Waals surface area contributed by atoms with E-state index in [1.807, 2.05) is 66.7 Å². The van der Waals surface area contributed by atoms with E-state index in [1.165, 1.54) is 0 Å². The average Bonchev–Trinajstić information content (AvgIpc) is 2.88. The SMILES string of the molecule is O=[PH+]C(O)(OCc1ccccc1)C(CCC(=O)O)C(=O)OC(Cc1ccccc1)c1ccccc1. The summed E-state index contributed by atoms with van der Waals surface area (Å²) in [7, 11) is -1.44. The van der Waals surface area contributed by atoms with Crippen LogP contribution in [0, 0.1) is 5.92 Å². The molecule has 0 saturated heterocycles. The molecular weight excluding hydrogens is 467 g/mol. The van der Waals surface area contributed by atoms with Crippen molar-refractivity contribution in [2.45, 2.75) is 37.5 Å². The minimum atomic E-state index is -2.41. The average molecular weight is 495 g/mol. The number of benzene rings is 3. The van der Waals surface area contributed by atoms with Crippen molar-refractivity contribution in [3.05, 3.63) is 108 Å². The second-order valence-corrected chi connectivity index (χ2v) is 9.00. The normalized spacial score (nSPS) is 14.5. The molecule has 3 rings (SSSR count). The van der Waals surface area contributed by atoms with Gasteiger partial charge in [0.25, 0.3) is 0 Å². The molecule has 3 aromatic carbocycles. The van der Waals surface area contributed by atoms with Crippen molar-refractivity contribution in [1.29, 1.82) is 0 Å². The van der Waals surface area contributed by atoms with E-state index in [4.69, 9.17) is 9.47 Å². The Morgan fingerprint density at radius 3 is 1.94 bits per heavy atom. The van der Waals surface area contributed by atoms with E-state index in [0.717, 1.165) is 11.1 Å². The van der Waals surface area contributed by atoms with Gasteiger partial charge >= 0.3 is 25.9 Å². The number of hydrogen-bond donors (Lipinski definition) is 2. The fraction of sp³-hybridized carbons (Fsp3) is 0.259. The van der Waals surface area contributed by atoms with Crippen LogP contribution < -0.4 is 0 Å². The molecule has 182 valence electrons. The lowest BCUT2D eigenvalue weighted by Gasteiger charge is -2.26. The molecule has 2 N–H and O–H groups in total. The van der Waals surface area contributed by atoms with E-state index >= 15 is 0 Å². The van der Waals surface area contributed by atoms with Gasteiger partial charge < -0.3 is 19.7 Å². The summed E-state index contributed by atoms with van der Waals surface area (Å²) in [5.41, 5.74) is -0.0469. The maximum atomic E-state index is 13.4. The van der Waals surface area contributed by atoms with Crippen molar-refractivity contribution in [3.8, 4) is 0 Å². The first-order valence-corrected chi connectivity index (χ1v) is 12.1. The van der Waals surface area contributed by atoms with Gasteiger partial charge in [0.05, 0.1) is 6.61 Å². The second kappa shape index (κ2) is 12.9. The molecule has 8 heteroatoms. The molecule has 0 saturated carbocycles. The fourth-order valence-electron chi connectivity index (χ4n) is 3.66. The van der Waals surface area contributed by atoms with E-state index in [9.17, 15) is 24.4 Å². The highest BCUT2D eigenvalue weighted by atomic mass is 31.1. The third-order valence-electron chi connectivity index (χ3n) is 5.55. The van der Waals surface area contributed by atoms with Gasteiger partial charge in [0.15, 0.2) is 5.92 Å². The fourth-order valence-corrected chi connectivity index (χ4v) is 4.19. The van der Waals surface area contributed by atoms with Crippen LogP contribution in [-0.4, -0.2) is 27.7 Å². The Balaban J connectivity index is 1.85. The Labute approximate surface area is 205 Å². The summed E-state index contributed by atoms with van der Waals surface area (Å²) >= 11 is 0. The Morgan fingerprint density at radius 1 is 0.857 bits per heavy atom. The summed E-state index contributed by atoms with van der Waals surface area (Å²) in [4.78, 5) is 24.6. The minimum absolute atomic E-state index is 0.116. The summed E-state index contributed by atoms with van der Waals surface area (Å²) in [6.45, 7) is -0.116. The second-order valence-electron chi connectivity index (χ2n) is 8.08. The first-order chi connectivity index (χ1) is 16.9. The summed E-state index contributed by atoms with van der Waals surface area (Å²) in [5.74, 6) is -3.51. The van der Waals surface area contributed by atoms with Crippen LogP contribution in [0.5, 0.6) is 0 Å². The zero-order valence-corrected chi connectivity index (χ0v) is 20.1. The van der Waals surface area contributed by atoms with Crippen LogP contribution in [0.3, 0.4) is 0 Å². The molecule has 35 heavy (non-hydrogen) atoms. The van der Waals surface area contributed by atoms with Gasteiger partial charge in [-0.3, -0.25) is 9.59 Å². The lowest BCUT2D eigenvalue weighted by atomic mass is 9.99. The highest BCUT2D eigenvalue weighted by molar-refractivity contribution is 7.25. The molecule has 4 unspecified atom stereocenters. The Hall–Kier alpha value is -3.38. The van der Waals surface area contributed by atoms with Crippen molar-refractivity contribution in [2.24, 2.45) is 5.92 Å². The van der Waals surface area contributed by atoms with Crippen LogP contribution in [0.2, 0.25) is 0 Å². The van der Waals surface area contributed by atoms with E-state index in [-0.39, 0.29) is 13.0 Å². The third-order valence-corrected chi connectivity index (χ3v) is 6.33. The highest BCUT2D eigenvalue weighted by Crippen LogP contribution is 2.37. The van der Waals surface area contributed by atoms with Crippen molar-refractivity contribution < 1.29 is 33.8 Å². The van der Waals surface area contributed by atoms with Crippen LogP contribution in [-0.2, 0) is 36.7 Å². The van der Waals surface area contributed by atoms with E-state index in [0.29, 0.717) is 12.0 Å². The molecule has 0 aliphatic heterocycles. The quantitative estimate of drug-likeness (QED) is 0.198. The number of carboxylic acid groups (broad SMARTS) is 1. The van der Waals surface area contributed by atoms with Gasteiger partial charge in [-0.1, -0.05) is 95.6 Å². The molecule has 4 atom stereocenters. The van der Waals surface area contributed by atoms with Gasteiger partial charge in [0.2, 0.25) is 0 Å². The molecule has 7 nitrogen and oxygen atoms in total. The predicted octanol–water partition coefficient (Wildman–Crippen LogP) is 4.88. The zero-order chi connectivity index (χ0) is 25.1. The molecule has 0 aromatic heterocycles. The molecule has 0 amide bonds. The number of aliphatic carboxylic acids is 1. The van der Waals surface area contributed by atoms with Crippen LogP contribution in [0.15, 0.2) is 91.0 Å². The van der Waals surface area contributed by atoms with E-state index in [2.05, 4.69) is 0 Å². The van der Waals surface area contributed by atoms with Gasteiger partial charge in [0, 0.05) is 12.8 Å². The summed E-state index contributed by atoms with van der Waals surface area (Å²) in [6, 6.07) is 27.5. The van der Waals surface area contributed by atoms with E-state index in [1.54, 1.807) is 24.3 Å². The number of hydrogen-bond acceptors (Lipinski definition) is 6. The lowest BCUT2D eigenvalue weighted by Crippen LogP contribution is -2.41. The van der Waals surface area contributed by atoms with Gasteiger partial charge in [-0.05, 0) is 23.1 Å². The molecular formula is C27H28O7P+. The standard InChI is InChI=1S/C27H27O7P/c28-25(29)17-16-23(27(31,35-32)33-19-21-12-6-2-7-13-21)26(30)34-24(22-14-8-3-9-15-22)18-20-10-4-1-5-11-20/h1-15,23-24,31H,16-19H2,(H,28,29)/p+1. The summed E-state index contributed by atoms with van der Waals surface area (Å²) < 4.78 is 23.5. The van der Waals surface area contributed by atoms with Crippen LogP contribution >= 0.6 is 8.46 Å². The van der Waals surface area contributed by atoms with Crippen LogP contribution in [0.1, 0.15) is 35.6 Å². The molecule has 0 radical (unpaired) electrons. The number of carbonyl (C=O) groups is 2. The van der Waals surface area contributed by atoms with Crippen molar-refractivity contribution in [2.75, 3.05) is 0 Å². The molecule has 0 bridgehead atoms.